The van der Waals surface area contributed by atoms with Crippen molar-refractivity contribution in [2.24, 2.45) is 0 Å². The molecular weight excluding hydrogens is 464 g/mol. The number of carbonyl (C=O) groups is 4. The Morgan fingerprint density at radius 2 is 1.89 bits per heavy atom. The third-order valence-corrected chi connectivity index (χ3v) is 6.35. The summed E-state index contributed by atoms with van der Waals surface area (Å²) >= 11 is 0. The molecule has 4 heterocycles. The number of nitrogens with zero attached hydrogens (tertiary/aromatic N) is 4. The third kappa shape index (κ3) is 4.77. The van der Waals surface area contributed by atoms with E-state index in [0.717, 1.165) is 30.4 Å². The Hall–Kier alpha value is -4.28. The number of esters is 1. The van der Waals surface area contributed by atoms with Gasteiger partial charge in [-0.2, -0.15) is 5.10 Å². The van der Waals surface area contributed by atoms with Crippen LogP contribution in [0, 0.1) is 0 Å². The summed E-state index contributed by atoms with van der Waals surface area (Å²) < 4.78 is 6.43. The van der Waals surface area contributed by atoms with Gasteiger partial charge in [0.2, 0.25) is 5.91 Å². The minimum atomic E-state index is -0.720. The van der Waals surface area contributed by atoms with Crippen LogP contribution in [-0.2, 0) is 22.6 Å². The zero-order valence-electron chi connectivity index (χ0n) is 19.8. The van der Waals surface area contributed by atoms with Gasteiger partial charge in [0.25, 0.3) is 11.8 Å². The summed E-state index contributed by atoms with van der Waals surface area (Å²) in [5.74, 6) is -0.902. The Morgan fingerprint density at radius 1 is 1.08 bits per heavy atom. The molecule has 1 fully saturated rings. The fraction of sp³-hybridized carbons (Fsp3) is 0.360. The maximum Gasteiger partial charge on any atom is 0.315 e. The Labute approximate surface area is 206 Å². The molecule has 11 nitrogen and oxygen atoms in total. The summed E-state index contributed by atoms with van der Waals surface area (Å²) in [6.45, 7) is 3.24. The molecule has 0 spiro atoms. The van der Waals surface area contributed by atoms with Crippen molar-refractivity contribution in [2.75, 3.05) is 13.1 Å². The molecule has 1 saturated heterocycles. The lowest BCUT2D eigenvalue weighted by Gasteiger charge is -2.29. The second kappa shape index (κ2) is 9.76. The lowest BCUT2D eigenvalue weighted by Crippen LogP contribution is -2.48. The van der Waals surface area contributed by atoms with Crippen LogP contribution in [0.2, 0.25) is 0 Å². The largest absolute Gasteiger partial charge is 0.426 e. The molecule has 0 unspecified atom stereocenters. The van der Waals surface area contributed by atoms with Crippen LogP contribution in [0.1, 0.15) is 58.3 Å². The summed E-state index contributed by atoms with van der Waals surface area (Å²) in [5.41, 5.74) is 2.05. The number of piperidine rings is 1. The maximum absolute atomic E-state index is 13.1. The van der Waals surface area contributed by atoms with Crippen molar-refractivity contribution in [3.05, 3.63) is 59.0 Å². The standard InChI is InChI=1S/C25H26N6O5/c1-15(25(35)30-9-3-2-4-10-30)28-24(34)19-13-18(29-21-7-8-27-31(19)21)23(33)26-14-16-5-6-20-17(11-16)12-22(32)36-20/h5-8,11,13,15H,2-4,9-10,12,14H2,1H3,(H,26,33)(H,28,34)/t15-/m0/s1. The zero-order chi connectivity index (χ0) is 25.2. The lowest BCUT2D eigenvalue weighted by atomic mass is 10.1. The van der Waals surface area contributed by atoms with Crippen LogP contribution in [0.3, 0.4) is 0 Å². The van der Waals surface area contributed by atoms with Crippen molar-refractivity contribution >= 4 is 29.3 Å². The molecule has 2 aliphatic rings. The van der Waals surface area contributed by atoms with Crippen molar-refractivity contribution < 1.29 is 23.9 Å². The van der Waals surface area contributed by atoms with E-state index in [-0.39, 0.29) is 36.2 Å². The minimum Gasteiger partial charge on any atom is -0.426 e. The Bertz CT molecular complexity index is 1360. The van der Waals surface area contributed by atoms with Gasteiger partial charge in [-0.25, -0.2) is 9.50 Å². The first-order valence-electron chi connectivity index (χ1n) is 11.9. The van der Waals surface area contributed by atoms with Gasteiger partial charge in [-0.3, -0.25) is 19.2 Å². The Kier molecular flexibility index (Phi) is 6.36. The number of amides is 3. The van der Waals surface area contributed by atoms with E-state index in [9.17, 15) is 19.2 Å². The molecule has 36 heavy (non-hydrogen) atoms. The van der Waals surface area contributed by atoms with Crippen LogP contribution < -0.4 is 15.4 Å². The van der Waals surface area contributed by atoms with Gasteiger partial charge >= 0.3 is 5.97 Å². The highest BCUT2D eigenvalue weighted by atomic mass is 16.5. The van der Waals surface area contributed by atoms with Crippen molar-refractivity contribution in [3.63, 3.8) is 0 Å². The van der Waals surface area contributed by atoms with E-state index in [1.54, 1.807) is 30.0 Å². The average Bonchev–Trinajstić information content (AvgIpc) is 3.51. The van der Waals surface area contributed by atoms with Gasteiger partial charge in [0, 0.05) is 37.3 Å². The number of benzene rings is 1. The van der Waals surface area contributed by atoms with Crippen LogP contribution in [0.15, 0.2) is 36.5 Å². The fourth-order valence-corrected chi connectivity index (χ4v) is 4.48. The summed E-state index contributed by atoms with van der Waals surface area (Å²) in [6.07, 6.45) is 4.70. The molecule has 1 atom stereocenters. The SMILES string of the molecule is C[C@H](NC(=O)c1cc(C(=O)NCc2ccc3c(c2)CC(=O)O3)nc2ccnn12)C(=O)N1CCCCC1. The lowest BCUT2D eigenvalue weighted by molar-refractivity contribution is -0.134. The highest BCUT2D eigenvalue weighted by molar-refractivity contribution is 6.00. The second-order valence-electron chi connectivity index (χ2n) is 8.98. The summed E-state index contributed by atoms with van der Waals surface area (Å²) in [6, 6.07) is 7.51. The van der Waals surface area contributed by atoms with E-state index < -0.39 is 17.9 Å². The number of likely N-dealkylation sites (tertiary alicyclic amines) is 1. The first-order chi connectivity index (χ1) is 17.4. The molecule has 2 N–H and O–H groups in total. The van der Waals surface area contributed by atoms with Crippen molar-refractivity contribution in [3.8, 4) is 5.75 Å². The molecule has 1 aromatic carbocycles. The number of carbonyl (C=O) groups excluding carboxylic acids is 4. The van der Waals surface area contributed by atoms with Crippen LogP contribution in [0.25, 0.3) is 5.65 Å². The maximum atomic E-state index is 13.1. The first kappa shape index (κ1) is 23.5. The molecule has 2 aromatic heterocycles. The summed E-state index contributed by atoms with van der Waals surface area (Å²) in [7, 11) is 0. The first-order valence-corrected chi connectivity index (χ1v) is 11.9. The molecule has 186 valence electrons. The Balaban J connectivity index is 1.29. The summed E-state index contributed by atoms with van der Waals surface area (Å²) in [4.78, 5) is 56.3. The number of aromatic nitrogens is 3. The van der Waals surface area contributed by atoms with Crippen molar-refractivity contribution in [1.82, 2.24) is 30.1 Å². The van der Waals surface area contributed by atoms with Crippen molar-refractivity contribution in [2.45, 2.75) is 45.2 Å². The van der Waals surface area contributed by atoms with E-state index in [0.29, 0.717) is 24.5 Å². The molecule has 5 rings (SSSR count). The van der Waals surface area contributed by atoms with Gasteiger partial charge < -0.3 is 20.3 Å². The van der Waals surface area contributed by atoms with Gasteiger partial charge in [0.05, 0.1) is 12.6 Å². The van der Waals surface area contributed by atoms with E-state index >= 15 is 0 Å². The van der Waals surface area contributed by atoms with Crippen LogP contribution in [0.5, 0.6) is 5.75 Å². The molecule has 3 aromatic rings. The minimum absolute atomic E-state index is 0.0443. The van der Waals surface area contributed by atoms with Crippen molar-refractivity contribution in [1.29, 1.82) is 0 Å². The van der Waals surface area contributed by atoms with Gasteiger partial charge in [0.15, 0.2) is 5.65 Å². The van der Waals surface area contributed by atoms with Crippen LogP contribution in [-0.4, -0.2) is 62.3 Å². The number of hydrogen-bond donors (Lipinski definition) is 2. The van der Waals surface area contributed by atoms with Crippen LogP contribution >= 0.6 is 0 Å². The number of rotatable bonds is 6. The summed E-state index contributed by atoms with van der Waals surface area (Å²) in [5, 5.41) is 9.67. The average molecular weight is 491 g/mol. The van der Waals surface area contributed by atoms with E-state index in [4.69, 9.17) is 4.74 Å². The monoisotopic (exact) mass is 490 g/mol. The molecule has 0 bridgehead atoms. The zero-order valence-corrected chi connectivity index (χ0v) is 19.8. The molecular formula is C25H26N6O5. The Morgan fingerprint density at radius 3 is 2.69 bits per heavy atom. The normalized spacial score (nSPS) is 15.8. The van der Waals surface area contributed by atoms with E-state index in [1.165, 1.54) is 16.8 Å². The fourth-order valence-electron chi connectivity index (χ4n) is 4.48. The molecule has 0 radical (unpaired) electrons. The predicted molar refractivity (Wildman–Crippen MR) is 127 cm³/mol. The highest BCUT2D eigenvalue weighted by Gasteiger charge is 2.26. The number of ether oxygens (including phenoxy) is 1. The topological polar surface area (TPSA) is 135 Å². The molecule has 0 saturated carbocycles. The number of fused-ring (bicyclic) bond motifs is 2. The van der Waals surface area contributed by atoms with E-state index in [1.807, 2.05) is 6.07 Å². The van der Waals surface area contributed by atoms with Crippen LogP contribution in [0.4, 0.5) is 0 Å². The van der Waals surface area contributed by atoms with Gasteiger partial charge in [-0.15, -0.1) is 0 Å². The number of hydrogen-bond acceptors (Lipinski definition) is 7. The van der Waals surface area contributed by atoms with Gasteiger partial charge in [-0.1, -0.05) is 6.07 Å². The smallest absolute Gasteiger partial charge is 0.315 e. The van der Waals surface area contributed by atoms with E-state index in [2.05, 4.69) is 20.7 Å². The number of nitrogens with one attached hydrogen (secondary N) is 2. The van der Waals surface area contributed by atoms with Gasteiger partial charge in [-0.05, 0) is 43.9 Å². The van der Waals surface area contributed by atoms with Gasteiger partial charge in [0.1, 0.15) is 23.2 Å². The third-order valence-electron chi connectivity index (χ3n) is 6.35. The quantitative estimate of drug-likeness (QED) is 0.392. The predicted octanol–water partition coefficient (Wildman–Crippen LogP) is 1.25. The molecule has 2 aliphatic heterocycles. The molecule has 11 heteroatoms. The second-order valence-corrected chi connectivity index (χ2v) is 8.98. The molecule has 3 amide bonds. The molecule has 0 aliphatic carbocycles. The highest BCUT2D eigenvalue weighted by Crippen LogP contribution is 2.26.